The Labute approximate surface area is 115 Å². The third kappa shape index (κ3) is 4.22. The van der Waals surface area contributed by atoms with Crippen molar-refractivity contribution < 1.29 is 12.8 Å². The number of rotatable bonds is 5. The maximum Gasteiger partial charge on any atom is 0.243 e. The van der Waals surface area contributed by atoms with E-state index >= 15 is 0 Å². The number of hydrogen-bond donors (Lipinski definition) is 2. The smallest absolute Gasteiger partial charge is 0.243 e. The van der Waals surface area contributed by atoms with E-state index in [4.69, 9.17) is 5.14 Å². The zero-order valence-corrected chi connectivity index (χ0v) is 12.6. The lowest BCUT2D eigenvalue weighted by Crippen LogP contribution is -2.17. The van der Waals surface area contributed by atoms with Crippen LogP contribution in [0.25, 0.3) is 0 Å². The van der Waals surface area contributed by atoms with Crippen molar-refractivity contribution in [3.8, 4) is 0 Å². The van der Waals surface area contributed by atoms with Gasteiger partial charge in [-0.1, -0.05) is 29.8 Å². The SMILES string of the molecule is CC(C)CCNc1cc(Br)cc(F)c1S(N)(=O)=O. The van der Waals surface area contributed by atoms with Crippen molar-refractivity contribution in [2.24, 2.45) is 11.1 Å². The highest BCUT2D eigenvalue weighted by molar-refractivity contribution is 9.10. The zero-order chi connectivity index (χ0) is 13.9. The van der Waals surface area contributed by atoms with Crippen molar-refractivity contribution in [2.75, 3.05) is 11.9 Å². The lowest BCUT2D eigenvalue weighted by Gasteiger charge is -2.13. The van der Waals surface area contributed by atoms with Crippen LogP contribution in [0.2, 0.25) is 0 Å². The van der Waals surface area contributed by atoms with E-state index in [1.165, 1.54) is 6.07 Å². The fourth-order valence-electron chi connectivity index (χ4n) is 1.48. The Morgan fingerprint density at radius 1 is 1.44 bits per heavy atom. The van der Waals surface area contributed by atoms with Crippen LogP contribution < -0.4 is 10.5 Å². The maximum absolute atomic E-state index is 13.7. The Morgan fingerprint density at radius 3 is 2.56 bits per heavy atom. The minimum Gasteiger partial charge on any atom is -0.384 e. The number of sulfonamides is 1. The van der Waals surface area contributed by atoms with Crippen molar-refractivity contribution in [2.45, 2.75) is 25.2 Å². The van der Waals surface area contributed by atoms with Crippen LogP contribution in [0.15, 0.2) is 21.5 Å². The van der Waals surface area contributed by atoms with Crippen molar-refractivity contribution in [1.82, 2.24) is 0 Å². The van der Waals surface area contributed by atoms with Crippen LogP contribution in [-0.2, 0) is 10.0 Å². The normalized spacial score (nSPS) is 11.9. The Hall–Kier alpha value is -0.660. The molecule has 1 aromatic carbocycles. The standard InChI is InChI=1S/C11H16BrFN2O2S/c1-7(2)3-4-15-10-6-8(12)5-9(13)11(10)18(14,16)17/h5-7,15H,3-4H2,1-2H3,(H2,14,16,17). The van der Waals surface area contributed by atoms with Gasteiger partial charge < -0.3 is 5.32 Å². The van der Waals surface area contributed by atoms with E-state index in [0.717, 1.165) is 12.5 Å². The molecule has 1 aromatic rings. The topological polar surface area (TPSA) is 72.2 Å². The number of anilines is 1. The summed E-state index contributed by atoms with van der Waals surface area (Å²) < 4.78 is 36.9. The number of primary sulfonamides is 1. The number of halogens is 2. The van der Waals surface area contributed by atoms with Gasteiger partial charge in [0.1, 0.15) is 10.7 Å². The minimum atomic E-state index is -4.09. The first-order chi connectivity index (χ1) is 8.21. The molecule has 0 fully saturated rings. The van der Waals surface area contributed by atoms with Gasteiger partial charge in [0, 0.05) is 11.0 Å². The molecule has 0 heterocycles. The fraction of sp³-hybridized carbons (Fsp3) is 0.455. The van der Waals surface area contributed by atoms with Gasteiger partial charge in [-0.05, 0) is 24.5 Å². The second kappa shape index (κ2) is 5.99. The van der Waals surface area contributed by atoms with Crippen LogP contribution in [-0.4, -0.2) is 15.0 Å². The Balaban J connectivity index is 3.09. The summed E-state index contributed by atoms with van der Waals surface area (Å²) in [6.45, 7) is 4.64. The molecule has 102 valence electrons. The van der Waals surface area contributed by atoms with Gasteiger partial charge in [0.15, 0.2) is 0 Å². The number of nitrogens with one attached hydrogen (secondary N) is 1. The van der Waals surface area contributed by atoms with E-state index in [-0.39, 0.29) is 5.69 Å². The molecule has 0 aliphatic carbocycles. The molecular weight excluding hydrogens is 323 g/mol. The minimum absolute atomic E-state index is 0.185. The van der Waals surface area contributed by atoms with E-state index in [1.807, 2.05) is 13.8 Å². The number of hydrogen-bond acceptors (Lipinski definition) is 3. The largest absolute Gasteiger partial charge is 0.384 e. The van der Waals surface area contributed by atoms with Gasteiger partial charge in [-0.2, -0.15) is 0 Å². The Kier molecular flexibility index (Phi) is 5.12. The van der Waals surface area contributed by atoms with Crippen LogP contribution >= 0.6 is 15.9 Å². The summed E-state index contributed by atoms with van der Waals surface area (Å²) >= 11 is 3.12. The average Bonchev–Trinajstić information content (AvgIpc) is 2.12. The van der Waals surface area contributed by atoms with E-state index < -0.39 is 20.7 Å². The van der Waals surface area contributed by atoms with E-state index in [0.29, 0.717) is 16.9 Å². The molecule has 0 saturated carbocycles. The third-order valence-electron chi connectivity index (χ3n) is 2.33. The first-order valence-electron chi connectivity index (χ1n) is 5.47. The van der Waals surface area contributed by atoms with Gasteiger partial charge >= 0.3 is 0 Å². The van der Waals surface area contributed by atoms with Crippen molar-refractivity contribution in [3.05, 3.63) is 22.4 Å². The summed E-state index contributed by atoms with van der Waals surface area (Å²) in [5, 5.41) is 7.92. The molecule has 0 spiro atoms. The molecule has 7 heteroatoms. The van der Waals surface area contributed by atoms with Gasteiger partial charge in [-0.15, -0.1) is 0 Å². The molecule has 0 aliphatic rings. The molecule has 0 saturated heterocycles. The predicted molar refractivity (Wildman–Crippen MR) is 73.4 cm³/mol. The molecule has 4 nitrogen and oxygen atoms in total. The summed E-state index contributed by atoms with van der Waals surface area (Å²) in [7, 11) is -4.09. The quantitative estimate of drug-likeness (QED) is 0.866. The lowest BCUT2D eigenvalue weighted by molar-refractivity contribution is 0.567. The van der Waals surface area contributed by atoms with Crippen LogP contribution in [0, 0.1) is 11.7 Å². The van der Waals surface area contributed by atoms with Crippen LogP contribution in [0.4, 0.5) is 10.1 Å². The Bertz CT molecular complexity index is 532. The summed E-state index contributed by atoms with van der Waals surface area (Å²) in [6, 6.07) is 2.58. The van der Waals surface area contributed by atoms with Gasteiger partial charge in [0.2, 0.25) is 10.0 Å². The zero-order valence-electron chi connectivity index (χ0n) is 10.2. The fourth-order valence-corrected chi connectivity index (χ4v) is 2.67. The molecule has 18 heavy (non-hydrogen) atoms. The third-order valence-corrected chi connectivity index (χ3v) is 3.77. The highest BCUT2D eigenvalue weighted by Gasteiger charge is 2.20. The molecule has 0 aliphatic heterocycles. The molecule has 3 N–H and O–H groups in total. The first-order valence-corrected chi connectivity index (χ1v) is 7.81. The van der Waals surface area contributed by atoms with Crippen LogP contribution in [0.5, 0.6) is 0 Å². The van der Waals surface area contributed by atoms with Crippen LogP contribution in [0.3, 0.4) is 0 Å². The van der Waals surface area contributed by atoms with Gasteiger partial charge in [-0.25, -0.2) is 17.9 Å². The highest BCUT2D eigenvalue weighted by Crippen LogP contribution is 2.28. The molecule has 0 radical (unpaired) electrons. The summed E-state index contributed by atoms with van der Waals surface area (Å²) in [5.74, 6) is -0.397. The molecule has 0 amide bonds. The average molecular weight is 339 g/mol. The molecule has 0 aromatic heterocycles. The van der Waals surface area contributed by atoms with Gasteiger partial charge in [-0.3, -0.25) is 0 Å². The summed E-state index contributed by atoms with van der Waals surface area (Å²) in [4.78, 5) is -0.491. The highest BCUT2D eigenvalue weighted by atomic mass is 79.9. The second-order valence-corrected chi connectivity index (χ2v) is 6.83. The van der Waals surface area contributed by atoms with Crippen molar-refractivity contribution >= 4 is 31.6 Å². The van der Waals surface area contributed by atoms with E-state index in [9.17, 15) is 12.8 Å². The molecular formula is C11H16BrFN2O2S. The van der Waals surface area contributed by atoms with E-state index in [2.05, 4.69) is 21.2 Å². The second-order valence-electron chi connectivity index (χ2n) is 4.42. The summed E-state index contributed by atoms with van der Waals surface area (Å²) in [5.41, 5.74) is 0.185. The maximum atomic E-state index is 13.7. The van der Waals surface area contributed by atoms with Gasteiger partial charge in [0.05, 0.1) is 5.69 Å². The summed E-state index contributed by atoms with van der Waals surface area (Å²) in [6.07, 6.45) is 0.845. The van der Waals surface area contributed by atoms with Gasteiger partial charge in [0.25, 0.3) is 0 Å². The lowest BCUT2D eigenvalue weighted by atomic mass is 10.1. The Morgan fingerprint density at radius 2 is 2.06 bits per heavy atom. The van der Waals surface area contributed by atoms with E-state index in [1.54, 1.807) is 0 Å². The molecule has 0 bridgehead atoms. The van der Waals surface area contributed by atoms with Crippen molar-refractivity contribution in [1.29, 1.82) is 0 Å². The van der Waals surface area contributed by atoms with Crippen LogP contribution in [0.1, 0.15) is 20.3 Å². The number of nitrogens with two attached hydrogens (primary N) is 1. The first kappa shape index (κ1) is 15.4. The predicted octanol–water partition coefficient (Wildman–Crippen LogP) is 2.69. The number of benzene rings is 1. The molecule has 0 atom stereocenters. The monoisotopic (exact) mass is 338 g/mol. The van der Waals surface area contributed by atoms with Crippen molar-refractivity contribution in [3.63, 3.8) is 0 Å². The molecule has 0 unspecified atom stereocenters. The molecule has 1 rings (SSSR count).